The van der Waals surface area contributed by atoms with Gasteiger partial charge in [0.15, 0.2) is 23.5 Å². The molecule has 31 heavy (non-hydrogen) atoms. The summed E-state index contributed by atoms with van der Waals surface area (Å²) in [6, 6.07) is 20.2. The smallest absolute Gasteiger partial charge is 0.374 e. The van der Waals surface area contributed by atoms with E-state index in [1.807, 2.05) is 59.2 Å². The highest BCUT2D eigenvalue weighted by Crippen LogP contribution is 2.29. The number of rotatable bonds is 4. The summed E-state index contributed by atoms with van der Waals surface area (Å²) in [6.07, 6.45) is 4.66. The Kier molecular flexibility index (Phi) is 4.52. The number of para-hydroxylation sites is 2. The summed E-state index contributed by atoms with van der Waals surface area (Å²) in [5.41, 5.74) is 2.97. The van der Waals surface area contributed by atoms with Crippen molar-refractivity contribution < 1.29 is 23.6 Å². The van der Waals surface area contributed by atoms with Crippen LogP contribution in [0.5, 0.6) is 11.5 Å². The Balaban J connectivity index is 1.59. The molecule has 6 heteroatoms. The minimum Gasteiger partial charge on any atom is -0.504 e. The molecule has 0 fully saturated rings. The number of oxazole rings is 1. The van der Waals surface area contributed by atoms with Crippen molar-refractivity contribution in [1.82, 2.24) is 0 Å². The number of phenols is 2. The van der Waals surface area contributed by atoms with E-state index in [1.165, 1.54) is 18.4 Å². The van der Waals surface area contributed by atoms with Gasteiger partial charge >= 0.3 is 5.89 Å². The third kappa shape index (κ3) is 3.44. The van der Waals surface area contributed by atoms with Gasteiger partial charge in [0.1, 0.15) is 11.8 Å². The van der Waals surface area contributed by atoms with Crippen LogP contribution >= 0.6 is 0 Å². The van der Waals surface area contributed by atoms with Gasteiger partial charge in [-0.15, -0.1) is 0 Å². The zero-order valence-corrected chi connectivity index (χ0v) is 16.4. The fourth-order valence-corrected chi connectivity index (χ4v) is 3.55. The molecule has 0 aliphatic heterocycles. The maximum absolute atomic E-state index is 12.8. The molecule has 2 N–H and O–H groups in total. The van der Waals surface area contributed by atoms with Gasteiger partial charge < -0.3 is 19.0 Å². The summed E-state index contributed by atoms with van der Waals surface area (Å²) in [6.45, 7) is 0.608. The normalized spacial score (nSPS) is 11.6. The third-order valence-electron chi connectivity index (χ3n) is 5.12. The van der Waals surface area contributed by atoms with Crippen molar-refractivity contribution in [2.45, 2.75) is 6.54 Å². The van der Waals surface area contributed by atoms with Crippen molar-refractivity contribution >= 4 is 34.2 Å². The largest absolute Gasteiger partial charge is 0.504 e. The number of benzene rings is 3. The molecule has 0 spiro atoms. The molecule has 0 unspecified atom stereocenters. The Bertz CT molecular complexity index is 1500. The second-order valence-corrected chi connectivity index (χ2v) is 7.17. The molecule has 5 aromatic rings. The van der Waals surface area contributed by atoms with E-state index >= 15 is 0 Å². The van der Waals surface area contributed by atoms with Gasteiger partial charge in [-0.3, -0.25) is 4.79 Å². The maximum Gasteiger partial charge on any atom is 0.374 e. The number of aromatic hydroxyl groups is 2. The lowest BCUT2D eigenvalue weighted by molar-refractivity contribution is -0.669. The van der Waals surface area contributed by atoms with Crippen LogP contribution in [0.2, 0.25) is 0 Å². The van der Waals surface area contributed by atoms with Gasteiger partial charge in [0.05, 0.1) is 17.0 Å². The molecule has 0 aliphatic rings. The van der Waals surface area contributed by atoms with Gasteiger partial charge in [0, 0.05) is 17.7 Å². The highest BCUT2D eigenvalue weighted by molar-refractivity contribution is 5.83. The molecule has 0 radical (unpaired) electrons. The van der Waals surface area contributed by atoms with Crippen LogP contribution in [-0.4, -0.2) is 10.2 Å². The molecule has 0 atom stereocenters. The van der Waals surface area contributed by atoms with Crippen molar-refractivity contribution in [3.05, 3.63) is 100 Å². The number of hydrogen-bond donors (Lipinski definition) is 2. The molecule has 0 amide bonds. The number of fused-ring (bicyclic) bond motifs is 2. The van der Waals surface area contributed by atoms with E-state index in [1.54, 1.807) is 12.2 Å². The van der Waals surface area contributed by atoms with Crippen molar-refractivity contribution in [1.29, 1.82) is 0 Å². The van der Waals surface area contributed by atoms with Crippen LogP contribution in [-0.2, 0) is 6.54 Å². The van der Waals surface area contributed by atoms with Crippen LogP contribution in [0.3, 0.4) is 0 Å². The highest BCUT2D eigenvalue weighted by Gasteiger charge is 2.20. The van der Waals surface area contributed by atoms with E-state index in [0.717, 1.165) is 16.7 Å². The van der Waals surface area contributed by atoms with Crippen molar-refractivity contribution in [2.24, 2.45) is 0 Å². The Labute approximate surface area is 176 Å². The van der Waals surface area contributed by atoms with Crippen LogP contribution < -0.4 is 10.00 Å². The van der Waals surface area contributed by atoms with Gasteiger partial charge in [-0.1, -0.05) is 42.5 Å². The van der Waals surface area contributed by atoms with Crippen LogP contribution in [0.25, 0.3) is 34.2 Å². The molecular weight excluding hydrogens is 394 g/mol. The van der Waals surface area contributed by atoms with Crippen LogP contribution in [0.15, 0.2) is 86.6 Å². The average Bonchev–Trinajstić information content (AvgIpc) is 3.13. The van der Waals surface area contributed by atoms with E-state index in [-0.39, 0.29) is 27.9 Å². The molecule has 5 rings (SSSR count). The van der Waals surface area contributed by atoms with Crippen molar-refractivity contribution in [3.8, 4) is 11.5 Å². The Hall–Kier alpha value is -4.32. The van der Waals surface area contributed by atoms with Gasteiger partial charge in [-0.05, 0) is 18.2 Å². The van der Waals surface area contributed by atoms with Gasteiger partial charge in [-0.25, -0.2) is 0 Å². The Morgan fingerprint density at radius 1 is 0.871 bits per heavy atom. The predicted molar refractivity (Wildman–Crippen MR) is 117 cm³/mol. The minimum atomic E-state index is -0.376. The summed E-state index contributed by atoms with van der Waals surface area (Å²) < 4.78 is 13.5. The summed E-state index contributed by atoms with van der Waals surface area (Å²) in [4.78, 5) is 12.8. The van der Waals surface area contributed by atoms with Crippen LogP contribution in [0.4, 0.5) is 0 Å². The lowest BCUT2D eigenvalue weighted by Crippen LogP contribution is -2.35. The molecule has 6 nitrogen and oxygen atoms in total. The topological polar surface area (TPSA) is 87.7 Å². The van der Waals surface area contributed by atoms with Crippen molar-refractivity contribution in [3.63, 3.8) is 0 Å². The molecule has 0 bridgehead atoms. The van der Waals surface area contributed by atoms with Gasteiger partial charge in [0.25, 0.3) is 5.52 Å². The second-order valence-electron chi connectivity index (χ2n) is 7.17. The molecular formula is C25H18NO5+. The first-order chi connectivity index (χ1) is 15.1. The van der Waals surface area contributed by atoms with Crippen molar-refractivity contribution in [2.75, 3.05) is 0 Å². The average molecular weight is 412 g/mol. The van der Waals surface area contributed by atoms with Crippen LogP contribution in [0, 0.1) is 0 Å². The number of nitrogens with zero attached hydrogens (tertiary/aromatic N) is 1. The van der Waals surface area contributed by atoms with E-state index in [4.69, 9.17) is 8.83 Å². The molecule has 0 saturated heterocycles. The molecule has 2 aromatic heterocycles. The standard InChI is InChI=1S/C25H17NO5/c27-20-12-18-23(13-21(20)28)30-15-17(25(18)29)10-11-24-26(14-16-6-2-1-3-7-16)19-8-4-5-9-22(19)31-24/h1-13,15H,14H2,(H-,27,28,29)/p+1/b11-10+. The fraction of sp³-hybridized carbons (Fsp3) is 0.0400. The van der Waals surface area contributed by atoms with E-state index in [2.05, 4.69) is 0 Å². The van der Waals surface area contributed by atoms with Crippen LogP contribution in [0.1, 0.15) is 17.0 Å². The third-order valence-corrected chi connectivity index (χ3v) is 5.12. The predicted octanol–water partition coefficient (Wildman–Crippen LogP) is 4.46. The first-order valence-electron chi connectivity index (χ1n) is 9.71. The lowest BCUT2D eigenvalue weighted by Gasteiger charge is -2.01. The number of phenolic OH excluding ortho intramolecular Hbond substituents is 2. The quantitative estimate of drug-likeness (QED) is 0.336. The highest BCUT2D eigenvalue weighted by atomic mass is 16.4. The van der Waals surface area contributed by atoms with Gasteiger partial charge in [-0.2, -0.15) is 4.57 Å². The summed E-state index contributed by atoms with van der Waals surface area (Å²) in [7, 11) is 0. The first kappa shape index (κ1) is 18.7. The summed E-state index contributed by atoms with van der Waals surface area (Å²) in [5, 5.41) is 19.5. The fourth-order valence-electron chi connectivity index (χ4n) is 3.55. The number of hydrogen-bond acceptors (Lipinski definition) is 5. The molecule has 152 valence electrons. The second kappa shape index (κ2) is 7.50. The number of aromatic nitrogens is 1. The summed E-state index contributed by atoms with van der Waals surface area (Å²) >= 11 is 0. The lowest BCUT2D eigenvalue weighted by atomic mass is 10.1. The molecule has 3 aromatic carbocycles. The zero-order valence-electron chi connectivity index (χ0n) is 16.4. The maximum atomic E-state index is 12.8. The monoisotopic (exact) mass is 412 g/mol. The van der Waals surface area contributed by atoms with E-state index < -0.39 is 0 Å². The minimum absolute atomic E-state index is 0.180. The molecule has 0 aliphatic carbocycles. The zero-order chi connectivity index (χ0) is 21.4. The Morgan fingerprint density at radius 3 is 2.45 bits per heavy atom. The Morgan fingerprint density at radius 2 is 1.61 bits per heavy atom. The van der Waals surface area contributed by atoms with E-state index in [9.17, 15) is 15.0 Å². The molecule has 0 saturated carbocycles. The van der Waals surface area contributed by atoms with E-state index in [0.29, 0.717) is 18.0 Å². The SMILES string of the molecule is O=c1c(/C=C/c2oc3ccccc3[n+]2Cc2ccccc2)coc2cc(O)c(O)cc12. The van der Waals surface area contributed by atoms with Gasteiger partial charge in [0.2, 0.25) is 5.58 Å². The first-order valence-corrected chi connectivity index (χ1v) is 9.71. The molecule has 2 heterocycles. The summed E-state index contributed by atoms with van der Waals surface area (Å²) in [5.74, 6) is -0.139.